The maximum Gasteiger partial charge on any atom is 0.278 e. The minimum Gasteiger partial charge on any atom is -0.317 e. The normalized spacial score (nSPS) is 12.4. The first-order valence-electron chi connectivity index (χ1n) is 7.55. The van der Waals surface area contributed by atoms with E-state index in [1.165, 1.54) is 10.5 Å². The van der Waals surface area contributed by atoms with E-state index in [9.17, 15) is 10.1 Å². The highest BCUT2D eigenvalue weighted by Crippen LogP contribution is 2.18. The van der Waals surface area contributed by atoms with Crippen LogP contribution in [0.2, 0.25) is 0 Å². The average molecular weight is 308 g/mol. The minimum atomic E-state index is -0.192. The predicted molar refractivity (Wildman–Crippen MR) is 88.0 cm³/mol. The van der Waals surface area contributed by atoms with Crippen molar-refractivity contribution in [2.24, 2.45) is 0 Å². The van der Waals surface area contributed by atoms with Gasteiger partial charge in [-0.2, -0.15) is 5.26 Å². The molecular formula is C17H18N5O+. The van der Waals surface area contributed by atoms with Gasteiger partial charge >= 0.3 is 0 Å². The number of aromatic nitrogens is 3. The third-order valence-electron chi connectivity index (χ3n) is 4.27. The summed E-state index contributed by atoms with van der Waals surface area (Å²) in [4.78, 5) is 17.5. The van der Waals surface area contributed by atoms with Gasteiger partial charge in [0, 0.05) is 11.8 Å². The fourth-order valence-electron chi connectivity index (χ4n) is 2.79. The van der Waals surface area contributed by atoms with Gasteiger partial charge in [-0.25, -0.2) is 4.57 Å². The summed E-state index contributed by atoms with van der Waals surface area (Å²) < 4.78 is 3.30. The summed E-state index contributed by atoms with van der Waals surface area (Å²) >= 11 is 0. The quantitative estimate of drug-likeness (QED) is 0.578. The zero-order valence-corrected chi connectivity index (χ0v) is 13.4. The largest absolute Gasteiger partial charge is 0.317 e. The van der Waals surface area contributed by atoms with Gasteiger partial charge in [-0.05, 0) is 32.4 Å². The van der Waals surface area contributed by atoms with E-state index in [-0.39, 0.29) is 11.6 Å². The number of hydrogen-bond acceptors (Lipinski definition) is 4. The summed E-state index contributed by atoms with van der Waals surface area (Å²) in [6, 6.07) is 7.36. The van der Waals surface area contributed by atoms with Crippen molar-refractivity contribution < 1.29 is 4.57 Å². The summed E-state index contributed by atoms with van der Waals surface area (Å²) in [6.07, 6.45) is 2.50. The average Bonchev–Trinajstić information content (AvgIpc) is 2.55. The molecule has 0 saturated carbocycles. The smallest absolute Gasteiger partial charge is 0.278 e. The van der Waals surface area contributed by atoms with Crippen LogP contribution in [-0.4, -0.2) is 9.38 Å². The number of anilines is 1. The van der Waals surface area contributed by atoms with Crippen LogP contribution >= 0.6 is 0 Å². The number of nitrogens with zero attached hydrogens (tertiary/aromatic N) is 4. The van der Waals surface area contributed by atoms with Crippen LogP contribution in [0.1, 0.15) is 37.4 Å². The van der Waals surface area contributed by atoms with Crippen molar-refractivity contribution in [1.82, 2.24) is 9.38 Å². The Balaban J connectivity index is 2.61. The second-order valence-electron chi connectivity index (χ2n) is 5.72. The maximum absolute atomic E-state index is 12.8. The molecule has 6 nitrogen and oxygen atoms in total. The van der Waals surface area contributed by atoms with Crippen molar-refractivity contribution >= 4 is 22.5 Å². The number of fused-ring (bicyclic) bond motifs is 2. The number of rotatable bonds is 2. The van der Waals surface area contributed by atoms with Crippen LogP contribution in [0, 0.1) is 18.3 Å². The molecule has 23 heavy (non-hydrogen) atoms. The lowest BCUT2D eigenvalue weighted by atomic mass is 10.1. The molecular weight excluding hydrogens is 290 g/mol. The van der Waals surface area contributed by atoms with Crippen LogP contribution in [-0.2, 0) is 0 Å². The summed E-state index contributed by atoms with van der Waals surface area (Å²) in [5.41, 5.74) is 8.30. The Morgan fingerprint density at radius 2 is 2.26 bits per heavy atom. The molecule has 1 atom stereocenters. The highest BCUT2D eigenvalue weighted by atomic mass is 16.1. The van der Waals surface area contributed by atoms with Gasteiger partial charge in [0.25, 0.3) is 11.2 Å². The molecule has 3 rings (SSSR count). The lowest BCUT2D eigenvalue weighted by Crippen LogP contribution is -2.44. The van der Waals surface area contributed by atoms with Gasteiger partial charge in [0.1, 0.15) is 17.0 Å². The Hall–Kier alpha value is -2.94. The Morgan fingerprint density at radius 3 is 2.91 bits per heavy atom. The maximum atomic E-state index is 12.8. The van der Waals surface area contributed by atoms with Gasteiger partial charge in [-0.15, -0.1) is 0 Å². The van der Waals surface area contributed by atoms with Gasteiger partial charge in [0.2, 0.25) is 11.5 Å². The highest BCUT2D eigenvalue weighted by Gasteiger charge is 2.24. The molecule has 116 valence electrons. The van der Waals surface area contributed by atoms with Gasteiger partial charge in [0.15, 0.2) is 0 Å². The summed E-state index contributed by atoms with van der Waals surface area (Å²) in [6.45, 7) is 5.94. The first-order chi connectivity index (χ1) is 11.0. The molecule has 3 heterocycles. The zero-order valence-electron chi connectivity index (χ0n) is 13.4. The SMILES string of the molecule is CC[C@@H](C)[n+]1c(N)c(C#N)cc2c(=O)n3cccc(C)c3nc21. The molecule has 0 aliphatic heterocycles. The van der Waals surface area contributed by atoms with Crippen LogP contribution in [0.3, 0.4) is 0 Å². The van der Waals surface area contributed by atoms with E-state index in [0.717, 1.165) is 12.0 Å². The molecule has 0 radical (unpaired) electrons. The molecule has 3 aromatic rings. The van der Waals surface area contributed by atoms with Crippen molar-refractivity contribution in [3.63, 3.8) is 0 Å². The molecule has 0 amide bonds. The van der Waals surface area contributed by atoms with Gasteiger partial charge in [-0.3, -0.25) is 9.20 Å². The number of nitrogens with two attached hydrogens (primary N) is 1. The van der Waals surface area contributed by atoms with Gasteiger partial charge < -0.3 is 5.73 Å². The molecule has 0 saturated heterocycles. The number of pyridine rings is 2. The van der Waals surface area contributed by atoms with Crippen LogP contribution in [0.25, 0.3) is 16.7 Å². The van der Waals surface area contributed by atoms with Crippen LogP contribution in [0.15, 0.2) is 29.2 Å². The van der Waals surface area contributed by atoms with Crippen molar-refractivity contribution in [3.05, 3.63) is 45.9 Å². The summed E-state index contributed by atoms with van der Waals surface area (Å²) in [5.74, 6) is 0.346. The Bertz CT molecular complexity index is 1030. The van der Waals surface area contributed by atoms with Crippen LogP contribution in [0.5, 0.6) is 0 Å². The first-order valence-corrected chi connectivity index (χ1v) is 7.55. The van der Waals surface area contributed by atoms with E-state index in [1.54, 1.807) is 10.8 Å². The van der Waals surface area contributed by atoms with E-state index in [0.29, 0.717) is 28.1 Å². The molecule has 0 aliphatic carbocycles. The molecule has 6 heteroatoms. The van der Waals surface area contributed by atoms with Crippen molar-refractivity contribution in [1.29, 1.82) is 5.26 Å². The second-order valence-corrected chi connectivity index (χ2v) is 5.72. The van der Waals surface area contributed by atoms with Crippen molar-refractivity contribution in [2.45, 2.75) is 33.2 Å². The fraction of sp³-hybridized carbons (Fsp3) is 0.294. The monoisotopic (exact) mass is 308 g/mol. The van der Waals surface area contributed by atoms with Crippen molar-refractivity contribution in [2.75, 3.05) is 5.73 Å². The molecule has 3 aromatic heterocycles. The van der Waals surface area contributed by atoms with E-state index < -0.39 is 0 Å². The lowest BCUT2D eigenvalue weighted by Gasteiger charge is -2.14. The molecule has 0 bridgehead atoms. The molecule has 0 spiro atoms. The Morgan fingerprint density at radius 1 is 1.52 bits per heavy atom. The summed E-state index contributed by atoms with van der Waals surface area (Å²) in [7, 11) is 0. The highest BCUT2D eigenvalue weighted by molar-refractivity contribution is 5.77. The van der Waals surface area contributed by atoms with Crippen LogP contribution in [0.4, 0.5) is 5.82 Å². The summed E-state index contributed by atoms with van der Waals surface area (Å²) in [5, 5.41) is 9.73. The van der Waals surface area contributed by atoms with Crippen molar-refractivity contribution in [3.8, 4) is 6.07 Å². The topological polar surface area (TPSA) is 88.1 Å². The third-order valence-corrected chi connectivity index (χ3v) is 4.27. The first kappa shape index (κ1) is 15.0. The minimum absolute atomic E-state index is 0.0316. The molecule has 0 unspecified atom stereocenters. The number of hydrogen-bond donors (Lipinski definition) is 1. The van der Waals surface area contributed by atoms with E-state index >= 15 is 0 Å². The Kier molecular flexibility index (Phi) is 3.49. The second kappa shape index (κ2) is 5.36. The molecule has 2 N–H and O–H groups in total. The van der Waals surface area contributed by atoms with E-state index in [4.69, 9.17) is 5.73 Å². The molecule has 0 fully saturated rings. The number of nitriles is 1. The zero-order chi connectivity index (χ0) is 16.7. The van der Waals surface area contributed by atoms with Crippen LogP contribution < -0.4 is 15.9 Å². The lowest BCUT2D eigenvalue weighted by molar-refractivity contribution is -0.683. The standard InChI is InChI=1S/C17H17N5O/c1-4-11(3)22-14(19)12(9-18)8-13-16(22)20-15-10(2)6-5-7-21(15)17(13)23/h5-8,11,19H,4H2,1-3H3/p+1/t11-/m1/s1. The predicted octanol–water partition coefficient (Wildman–Crippen LogP) is 1.87. The third kappa shape index (κ3) is 2.13. The van der Waals surface area contributed by atoms with E-state index in [1.807, 2.05) is 32.9 Å². The Labute approximate surface area is 133 Å². The van der Waals surface area contributed by atoms with Gasteiger partial charge in [0.05, 0.1) is 6.04 Å². The number of aryl methyl sites for hydroxylation is 1. The van der Waals surface area contributed by atoms with E-state index in [2.05, 4.69) is 11.1 Å². The number of nitrogen functional groups attached to an aromatic ring is 1. The fourth-order valence-corrected chi connectivity index (χ4v) is 2.79. The molecule has 0 aliphatic rings. The molecule has 0 aromatic carbocycles. The van der Waals surface area contributed by atoms with Gasteiger partial charge in [-0.1, -0.05) is 18.0 Å².